The van der Waals surface area contributed by atoms with Crippen molar-refractivity contribution in [3.63, 3.8) is 0 Å². The highest BCUT2D eigenvalue weighted by molar-refractivity contribution is 14.1. The number of rotatable bonds is 17. The lowest BCUT2D eigenvalue weighted by Gasteiger charge is -2.38. The van der Waals surface area contributed by atoms with Crippen LogP contribution in [0.4, 0.5) is 4.32 Å². The first kappa shape index (κ1) is 38.6. The minimum atomic E-state index is -1.75. The van der Waals surface area contributed by atoms with Gasteiger partial charge in [0, 0.05) is 31.8 Å². The van der Waals surface area contributed by atoms with Crippen LogP contribution in [0.1, 0.15) is 62.0 Å². The van der Waals surface area contributed by atoms with Crippen LogP contribution >= 0.6 is 30.9 Å². The fourth-order valence-electron chi connectivity index (χ4n) is 4.26. The number of hydrogen-bond donors (Lipinski definition) is 1. The molecule has 0 radical (unpaired) electrons. The molecule has 0 aliphatic heterocycles. The summed E-state index contributed by atoms with van der Waals surface area (Å²) in [5, 5.41) is 9.05. The summed E-state index contributed by atoms with van der Waals surface area (Å²) in [6, 6.07) is 9.04. The highest BCUT2D eigenvalue weighted by Crippen LogP contribution is 2.48. The Hall–Kier alpha value is -2.59. The molecule has 2 aromatic rings. The van der Waals surface area contributed by atoms with Gasteiger partial charge in [-0.1, -0.05) is 29.5 Å². The zero-order valence-electron chi connectivity index (χ0n) is 26.4. The quantitative estimate of drug-likeness (QED) is 0.0590. The lowest BCUT2D eigenvalue weighted by atomic mass is 9.91. The van der Waals surface area contributed by atoms with E-state index in [-0.39, 0.29) is 56.6 Å². The number of halogens is 2. The summed E-state index contributed by atoms with van der Waals surface area (Å²) in [6.45, 7) is 9.89. The Balaban J connectivity index is 2.31. The number of H-pyrrole nitrogens is 1. The first-order valence-corrected chi connectivity index (χ1v) is 16.9. The number of nitrogens with one attached hydrogen (secondary N) is 1. The molecule has 3 atom stereocenters. The van der Waals surface area contributed by atoms with Gasteiger partial charge in [-0.05, 0) is 53.1 Å². The van der Waals surface area contributed by atoms with E-state index in [1.165, 1.54) is 17.9 Å². The topological polar surface area (TPSA) is 136 Å². The van der Waals surface area contributed by atoms with Crippen LogP contribution in [0.2, 0.25) is 6.32 Å². The first-order valence-electron chi connectivity index (χ1n) is 14.5. The Morgan fingerprint density at radius 1 is 1.13 bits per heavy atom. The number of aryl methyl sites for hydroxylation is 1. The number of methoxy groups -OCH3 is 1. The number of hydrogen-bond acceptors (Lipinski definition) is 9. The van der Waals surface area contributed by atoms with Crippen molar-refractivity contribution in [3.8, 4) is 17.9 Å². The second-order valence-corrected chi connectivity index (χ2v) is 13.4. The molecule has 1 heterocycles. The second kappa shape index (κ2) is 19.8. The summed E-state index contributed by atoms with van der Waals surface area (Å²) in [4.78, 5) is 38.6. The Morgan fingerprint density at radius 2 is 1.80 bits per heavy atom. The van der Waals surface area contributed by atoms with Crippen LogP contribution in [0, 0.1) is 30.1 Å². The summed E-state index contributed by atoms with van der Waals surface area (Å²) in [5.41, 5.74) is 0.0858. The van der Waals surface area contributed by atoms with Crippen molar-refractivity contribution in [2.45, 2.75) is 84.6 Å². The van der Waals surface area contributed by atoms with Crippen molar-refractivity contribution >= 4 is 41.7 Å². The predicted molar refractivity (Wildman–Crippen MR) is 181 cm³/mol. The number of esters is 1. The Kier molecular flexibility index (Phi) is 17.0. The highest BCUT2D eigenvalue weighted by Gasteiger charge is 2.35. The molecule has 1 aromatic carbocycles. The van der Waals surface area contributed by atoms with Gasteiger partial charge in [-0.2, -0.15) is 5.26 Å². The average Bonchev–Trinajstić information content (AvgIpc) is 2.97. The van der Waals surface area contributed by atoms with E-state index in [9.17, 15) is 18.7 Å². The molecule has 0 aliphatic carbocycles. The van der Waals surface area contributed by atoms with E-state index in [1.807, 2.05) is 51.4 Å². The van der Waals surface area contributed by atoms with E-state index >= 15 is 0 Å². The number of ether oxygens (including phenoxy) is 2. The molecule has 0 spiro atoms. The second-order valence-electron chi connectivity index (χ2n) is 10.6. The number of carbonyl (C=O) groups excluding carboxylic acids is 1. The van der Waals surface area contributed by atoms with Gasteiger partial charge in [0.25, 0.3) is 14.1 Å². The minimum absolute atomic E-state index is 0.00665. The maximum atomic E-state index is 14.2. The molecule has 0 saturated heterocycles. The zero-order valence-corrected chi connectivity index (χ0v) is 29.5. The van der Waals surface area contributed by atoms with E-state index in [0.717, 1.165) is 5.56 Å². The molecule has 244 valence electrons. The molecule has 1 N–H and O–H groups in total. The Labute approximate surface area is 278 Å². The number of aromatic nitrogens is 2. The van der Waals surface area contributed by atoms with E-state index in [2.05, 4.69) is 22.9 Å². The van der Waals surface area contributed by atoms with Crippen molar-refractivity contribution in [1.82, 2.24) is 14.2 Å². The van der Waals surface area contributed by atoms with Crippen molar-refractivity contribution in [3.05, 3.63) is 68.0 Å². The van der Waals surface area contributed by atoms with Crippen LogP contribution in [0.5, 0.6) is 0 Å². The maximum Gasteiger partial charge on any atom is 0.418 e. The SMILES string of the molecule is COC(CB(F)I)C(Cn1cc(C#CCCOC(=O)c2ccc(C)cc2)c(=O)[nH]c1=O)OP(OCCC#N)N(C(C)C)C(C)C. The fourth-order valence-corrected chi connectivity index (χ4v) is 6.50. The van der Waals surface area contributed by atoms with Gasteiger partial charge in [-0.25, -0.2) is 14.3 Å². The maximum absolute atomic E-state index is 14.2. The number of benzene rings is 1. The summed E-state index contributed by atoms with van der Waals surface area (Å²) >= 11 is 1.65. The van der Waals surface area contributed by atoms with E-state index in [0.29, 0.717) is 5.56 Å². The van der Waals surface area contributed by atoms with Crippen LogP contribution < -0.4 is 11.2 Å². The van der Waals surface area contributed by atoms with Gasteiger partial charge in [0.05, 0.1) is 37.3 Å². The Bertz CT molecular complexity index is 1450. The molecule has 0 saturated carbocycles. The smallest absolute Gasteiger partial charge is 0.418 e. The van der Waals surface area contributed by atoms with Crippen molar-refractivity contribution in [1.29, 1.82) is 5.26 Å². The van der Waals surface area contributed by atoms with Gasteiger partial charge in [-0.3, -0.25) is 14.3 Å². The molecule has 0 fully saturated rings. The fraction of sp³-hybridized carbons (Fsp3) is 0.533. The lowest BCUT2D eigenvalue weighted by molar-refractivity contribution is -0.00460. The summed E-state index contributed by atoms with van der Waals surface area (Å²) < 4.78 is 40.8. The van der Waals surface area contributed by atoms with Gasteiger partial charge in [-0.15, -0.1) is 22.4 Å². The standard InChI is InChI=1S/C30H40BFIN4O7P/c1-21(2)37(22(3)4)45(43-17-9-15-34)44-27(26(41-6)18-31(32)33)20-36-19-25(28(38)35-30(36)40)10-7-8-16-42-29(39)24-13-11-23(5)12-14-24/h11-14,19,21-22,26-27H,8-9,16-18,20H2,1-6H3,(H,35,38,40). The predicted octanol–water partition coefficient (Wildman–Crippen LogP) is 5.01. The largest absolute Gasteiger partial charge is 0.461 e. The van der Waals surface area contributed by atoms with E-state index in [4.69, 9.17) is 23.8 Å². The lowest BCUT2D eigenvalue weighted by Crippen LogP contribution is -2.42. The number of carbonyl (C=O) groups is 1. The van der Waals surface area contributed by atoms with Gasteiger partial charge < -0.3 is 22.8 Å². The molecule has 2 rings (SSSR count). The van der Waals surface area contributed by atoms with Gasteiger partial charge >= 0.3 is 16.5 Å². The molecule has 0 amide bonds. The van der Waals surface area contributed by atoms with Crippen LogP contribution in [0.3, 0.4) is 0 Å². The van der Waals surface area contributed by atoms with Crippen molar-refractivity contribution < 1.29 is 27.6 Å². The summed E-state index contributed by atoms with van der Waals surface area (Å²) in [5.74, 6) is 5.06. The van der Waals surface area contributed by atoms with Crippen LogP contribution in [-0.2, 0) is 25.1 Å². The summed E-state index contributed by atoms with van der Waals surface area (Å²) in [6.07, 6.45) is -0.0588. The van der Waals surface area contributed by atoms with Crippen molar-refractivity contribution in [2.75, 3.05) is 20.3 Å². The van der Waals surface area contributed by atoms with Gasteiger partial charge in [0.1, 0.15) is 18.3 Å². The highest BCUT2D eigenvalue weighted by atomic mass is 127. The monoisotopic (exact) mass is 756 g/mol. The molecule has 1 aromatic heterocycles. The summed E-state index contributed by atoms with van der Waals surface area (Å²) in [7, 11) is -0.324. The Morgan fingerprint density at radius 3 is 2.38 bits per heavy atom. The average molecular weight is 756 g/mol. The molecular weight excluding hydrogens is 716 g/mol. The number of aromatic amines is 1. The minimum Gasteiger partial charge on any atom is -0.461 e. The van der Waals surface area contributed by atoms with Crippen LogP contribution in [0.15, 0.2) is 40.1 Å². The van der Waals surface area contributed by atoms with Gasteiger partial charge in [0.15, 0.2) is 0 Å². The molecule has 3 unspecified atom stereocenters. The van der Waals surface area contributed by atoms with Gasteiger partial charge in [0.2, 0.25) is 0 Å². The van der Waals surface area contributed by atoms with Crippen LogP contribution in [-0.4, -0.2) is 69.7 Å². The molecular formula is C30H40BFIN4O7P. The van der Waals surface area contributed by atoms with E-state index < -0.39 is 42.8 Å². The first-order chi connectivity index (χ1) is 21.4. The third kappa shape index (κ3) is 13.0. The molecule has 0 bridgehead atoms. The molecule has 45 heavy (non-hydrogen) atoms. The molecule has 11 nitrogen and oxygen atoms in total. The normalized spacial score (nSPS) is 13.2. The third-order valence-electron chi connectivity index (χ3n) is 6.37. The zero-order chi connectivity index (χ0) is 33.5. The van der Waals surface area contributed by atoms with Crippen LogP contribution in [0.25, 0.3) is 0 Å². The van der Waals surface area contributed by atoms with Crippen molar-refractivity contribution in [2.24, 2.45) is 0 Å². The molecule has 0 aliphatic rings. The molecule has 15 heteroatoms. The number of nitrogens with zero attached hydrogens (tertiary/aromatic N) is 3. The van der Waals surface area contributed by atoms with E-state index in [1.54, 1.807) is 34.5 Å². The number of nitriles is 1. The third-order valence-corrected chi connectivity index (χ3v) is 9.04.